The fourth-order valence-corrected chi connectivity index (χ4v) is 1.32. The molecule has 19 heavy (non-hydrogen) atoms. The number of para-hydroxylation sites is 2. The Morgan fingerprint density at radius 1 is 0.789 bits per heavy atom. The molecule has 2 aromatic rings. The number of rotatable bonds is 2. The van der Waals surface area contributed by atoms with Crippen molar-refractivity contribution in [2.45, 2.75) is 6.92 Å². The third-order valence-corrected chi connectivity index (χ3v) is 2.28. The molecule has 0 spiro atoms. The van der Waals surface area contributed by atoms with Crippen molar-refractivity contribution in [3.8, 4) is 0 Å². The van der Waals surface area contributed by atoms with Crippen molar-refractivity contribution in [2.24, 2.45) is 0 Å². The number of hydrogen-bond acceptors (Lipinski definition) is 4. The van der Waals surface area contributed by atoms with E-state index in [1.54, 1.807) is 43.3 Å². The van der Waals surface area contributed by atoms with Gasteiger partial charge in [0.1, 0.15) is 0 Å². The van der Waals surface area contributed by atoms with E-state index in [9.17, 15) is 20.2 Å². The Balaban J connectivity index is 0.000000191. The SMILES string of the molecule is Cc1ccccc1[N+](=O)[O-].O=[N+]([O-])c1ccccc1. The molecule has 0 unspecified atom stereocenters. The maximum absolute atomic E-state index is 10.2. The normalized spacial score (nSPS) is 9.11. The van der Waals surface area contributed by atoms with Crippen molar-refractivity contribution in [3.05, 3.63) is 80.4 Å². The van der Waals surface area contributed by atoms with Gasteiger partial charge < -0.3 is 0 Å². The molecule has 0 fully saturated rings. The van der Waals surface area contributed by atoms with Gasteiger partial charge >= 0.3 is 0 Å². The Hall–Kier alpha value is -2.76. The first kappa shape index (κ1) is 14.3. The Morgan fingerprint density at radius 3 is 1.68 bits per heavy atom. The lowest BCUT2D eigenvalue weighted by atomic mass is 10.2. The topological polar surface area (TPSA) is 86.3 Å². The predicted molar refractivity (Wildman–Crippen MR) is 70.9 cm³/mol. The van der Waals surface area contributed by atoms with Gasteiger partial charge in [-0.15, -0.1) is 0 Å². The van der Waals surface area contributed by atoms with Crippen molar-refractivity contribution >= 4 is 11.4 Å². The fourth-order valence-electron chi connectivity index (χ4n) is 1.32. The van der Waals surface area contributed by atoms with Gasteiger partial charge in [0.25, 0.3) is 11.4 Å². The van der Waals surface area contributed by atoms with Crippen molar-refractivity contribution in [2.75, 3.05) is 0 Å². The summed E-state index contributed by atoms with van der Waals surface area (Å²) >= 11 is 0. The Kier molecular flexibility index (Phi) is 5.16. The second kappa shape index (κ2) is 6.85. The zero-order valence-electron chi connectivity index (χ0n) is 10.2. The van der Waals surface area contributed by atoms with Gasteiger partial charge in [0.15, 0.2) is 0 Å². The third-order valence-electron chi connectivity index (χ3n) is 2.28. The van der Waals surface area contributed by atoms with E-state index < -0.39 is 4.92 Å². The number of nitro groups is 2. The molecule has 0 atom stereocenters. The van der Waals surface area contributed by atoms with Crippen molar-refractivity contribution in [3.63, 3.8) is 0 Å². The number of nitro benzene ring substituents is 2. The summed E-state index contributed by atoms with van der Waals surface area (Å²) in [7, 11) is 0. The molecule has 0 aromatic heterocycles. The van der Waals surface area contributed by atoms with Gasteiger partial charge in [-0.05, 0) is 6.92 Å². The summed E-state index contributed by atoms with van der Waals surface area (Å²) in [4.78, 5) is 19.4. The largest absolute Gasteiger partial charge is 0.272 e. The summed E-state index contributed by atoms with van der Waals surface area (Å²) < 4.78 is 0. The lowest BCUT2D eigenvalue weighted by Gasteiger charge is -1.92. The zero-order chi connectivity index (χ0) is 14.3. The lowest BCUT2D eigenvalue weighted by Crippen LogP contribution is -1.89. The highest BCUT2D eigenvalue weighted by atomic mass is 16.6. The number of non-ortho nitro benzene ring substituents is 1. The minimum atomic E-state index is -0.417. The standard InChI is InChI=1S/C7H7NO2.C6H5NO2/c1-6-4-2-3-5-7(6)8(9)10;8-7(9)6-4-2-1-3-5-6/h2-5H,1H3;1-5H. The molecule has 0 aliphatic rings. The zero-order valence-corrected chi connectivity index (χ0v) is 10.2. The maximum atomic E-state index is 10.2. The number of aryl methyl sites for hydroxylation is 1. The monoisotopic (exact) mass is 260 g/mol. The van der Waals surface area contributed by atoms with Crippen molar-refractivity contribution < 1.29 is 9.85 Å². The summed E-state index contributed by atoms with van der Waals surface area (Å²) in [6.07, 6.45) is 0. The molecule has 0 bridgehead atoms. The van der Waals surface area contributed by atoms with Crippen LogP contribution in [0.4, 0.5) is 11.4 Å². The quantitative estimate of drug-likeness (QED) is 0.610. The van der Waals surface area contributed by atoms with E-state index in [1.165, 1.54) is 18.2 Å². The Bertz CT molecular complexity index is 570. The first-order chi connectivity index (χ1) is 9.02. The van der Waals surface area contributed by atoms with Gasteiger partial charge in [0, 0.05) is 23.8 Å². The molecule has 0 heterocycles. The van der Waals surface area contributed by atoms with Crippen LogP contribution in [-0.4, -0.2) is 9.85 Å². The van der Waals surface area contributed by atoms with Gasteiger partial charge in [0.2, 0.25) is 0 Å². The van der Waals surface area contributed by atoms with E-state index in [0.29, 0.717) is 5.56 Å². The van der Waals surface area contributed by atoms with Gasteiger partial charge in [-0.2, -0.15) is 0 Å². The molecule has 2 rings (SSSR count). The van der Waals surface area contributed by atoms with Crippen LogP contribution < -0.4 is 0 Å². The molecule has 2 aromatic carbocycles. The van der Waals surface area contributed by atoms with Crippen LogP contribution >= 0.6 is 0 Å². The summed E-state index contributed by atoms with van der Waals surface area (Å²) in [5, 5.41) is 20.2. The molecule has 0 saturated carbocycles. The lowest BCUT2D eigenvalue weighted by molar-refractivity contribution is -0.385. The minimum absolute atomic E-state index is 0.137. The predicted octanol–water partition coefficient (Wildman–Crippen LogP) is 3.50. The molecular weight excluding hydrogens is 248 g/mol. The van der Waals surface area contributed by atoms with E-state index >= 15 is 0 Å². The van der Waals surface area contributed by atoms with Gasteiger partial charge in [0.05, 0.1) is 9.85 Å². The van der Waals surface area contributed by atoms with Crippen LogP contribution in [0.2, 0.25) is 0 Å². The maximum Gasteiger partial charge on any atom is 0.272 e. The molecule has 0 saturated heterocycles. The molecule has 0 radical (unpaired) electrons. The fraction of sp³-hybridized carbons (Fsp3) is 0.0769. The van der Waals surface area contributed by atoms with Crippen LogP contribution in [-0.2, 0) is 0 Å². The van der Waals surface area contributed by atoms with Crippen LogP contribution in [0.3, 0.4) is 0 Å². The molecule has 6 nitrogen and oxygen atoms in total. The van der Waals surface area contributed by atoms with Gasteiger partial charge in [-0.3, -0.25) is 20.2 Å². The van der Waals surface area contributed by atoms with E-state index in [1.807, 2.05) is 0 Å². The highest BCUT2D eigenvalue weighted by Gasteiger charge is 2.06. The second-order valence-electron chi connectivity index (χ2n) is 3.64. The summed E-state index contributed by atoms with van der Waals surface area (Å²) in [6, 6.07) is 14.6. The first-order valence-corrected chi connectivity index (χ1v) is 5.42. The molecule has 0 N–H and O–H groups in total. The summed E-state index contributed by atoms with van der Waals surface area (Å²) in [5.41, 5.74) is 1.02. The molecular formula is C13H12N2O4. The van der Waals surface area contributed by atoms with Crippen LogP contribution in [0.5, 0.6) is 0 Å². The average Bonchev–Trinajstić information content (AvgIpc) is 2.40. The van der Waals surface area contributed by atoms with Crippen molar-refractivity contribution in [1.29, 1.82) is 0 Å². The molecule has 0 aliphatic heterocycles. The molecule has 0 aliphatic carbocycles. The van der Waals surface area contributed by atoms with Crippen LogP contribution in [0.25, 0.3) is 0 Å². The van der Waals surface area contributed by atoms with E-state index in [-0.39, 0.29) is 16.3 Å². The molecule has 0 amide bonds. The summed E-state index contributed by atoms with van der Waals surface area (Å²) in [5.74, 6) is 0. The highest BCUT2D eigenvalue weighted by Crippen LogP contribution is 2.14. The smallest absolute Gasteiger partial charge is 0.258 e. The molecule has 98 valence electrons. The van der Waals surface area contributed by atoms with Crippen LogP contribution in [0.15, 0.2) is 54.6 Å². The molecule has 6 heteroatoms. The number of nitrogens with zero attached hydrogens (tertiary/aromatic N) is 2. The highest BCUT2D eigenvalue weighted by molar-refractivity contribution is 5.38. The first-order valence-electron chi connectivity index (χ1n) is 5.42. The van der Waals surface area contributed by atoms with Crippen LogP contribution in [0.1, 0.15) is 5.56 Å². The van der Waals surface area contributed by atoms with Gasteiger partial charge in [-0.25, -0.2) is 0 Å². The van der Waals surface area contributed by atoms with E-state index in [0.717, 1.165) is 0 Å². The third kappa shape index (κ3) is 4.55. The van der Waals surface area contributed by atoms with Crippen molar-refractivity contribution in [1.82, 2.24) is 0 Å². The average molecular weight is 260 g/mol. The number of hydrogen-bond donors (Lipinski definition) is 0. The van der Waals surface area contributed by atoms with Crippen LogP contribution in [0, 0.1) is 27.2 Å². The van der Waals surface area contributed by atoms with E-state index in [2.05, 4.69) is 0 Å². The minimum Gasteiger partial charge on any atom is -0.258 e. The Labute approximate surface area is 109 Å². The Morgan fingerprint density at radius 2 is 1.32 bits per heavy atom. The van der Waals surface area contributed by atoms with E-state index in [4.69, 9.17) is 0 Å². The number of benzene rings is 2. The summed E-state index contributed by atoms with van der Waals surface area (Å²) in [6.45, 7) is 1.72. The van der Waals surface area contributed by atoms with Gasteiger partial charge in [-0.1, -0.05) is 36.4 Å². The second-order valence-corrected chi connectivity index (χ2v) is 3.64.